The van der Waals surface area contributed by atoms with Gasteiger partial charge in [0.1, 0.15) is 18.7 Å². The summed E-state index contributed by atoms with van der Waals surface area (Å²) in [5, 5.41) is 9.85. The Morgan fingerprint density at radius 1 is 0.806 bits per heavy atom. The second kappa shape index (κ2) is 11.1. The average Bonchev–Trinajstić information content (AvgIpc) is 3.15. The summed E-state index contributed by atoms with van der Waals surface area (Å²) in [4.78, 5) is 41.3. The van der Waals surface area contributed by atoms with Gasteiger partial charge in [-0.25, -0.2) is 9.59 Å². The number of carboxylic acids is 1. The van der Waals surface area contributed by atoms with Crippen molar-refractivity contribution in [2.24, 2.45) is 17.8 Å². The Kier molecular flexibility index (Phi) is 8.43. The van der Waals surface area contributed by atoms with E-state index < -0.39 is 30.1 Å². The molecule has 0 fully saturated rings. The lowest BCUT2D eigenvalue weighted by atomic mass is 9.88. The molecule has 0 aliphatic heterocycles. The van der Waals surface area contributed by atoms with Gasteiger partial charge in [0, 0.05) is 20.0 Å². The molecule has 0 radical (unpaired) electrons. The number of likely N-dealkylation sites (N-methyl/N-ethyl adjacent to an activating group) is 2. The van der Waals surface area contributed by atoms with Crippen LogP contribution in [0.1, 0.15) is 51.7 Å². The lowest BCUT2D eigenvalue weighted by Gasteiger charge is -2.37. The van der Waals surface area contributed by atoms with Crippen molar-refractivity contribution in [1.82, 2.24) is 9.80 Å². The molecule has 1 aliphatic rings. The van der Waals surface area contributed by atoms with E-state index in [0.717, 1.165) is 22.3 Å². The summed E-state index contributed by atoms with van der Waals surface area (Å²) >= 11 is 0. The Labute approximate surface area is 214 Å². The van der Waals surface area contributed by atoms with Crippen LogP contribution in [0.15, 0.2) is 48.5 Å². The number of fused-ring (bicyclic) bond motifs is 3. The highest BCUT2D eigenvalue weighted by Gasteiger charge is 2.40. The molecule has 3 rings (SSSR count). The highest BCUT2D eigenvalue weighted by molar-refractivity contribution is 5.89. The second-order valence-corrected chi connectivity index (χ2v) is 10.4. The van der Waals surface area contributed by atoms with Gasteiger partial charge in [-0.1, -0.05) is 83.1 Å². The van der Waals surface area contributed by atoms with Crippen LogP contribution in [-0.4, -0.2) is 65.7 Å². The predicted molar refractivity (Wildman–Crippen MR) is 140 cm³/mol. The van der Waals surface area contributed by atoms with E-state index in [0.29, 0.717) is 0 Å². The first-order chi connectivity index (χ1) is 17.0. The van der Waals surface area contributed by atoms with Crippen LogP contribution in [0.3, 0.4) is 0 Å². The van der Waals surface area contributed by atoms with Crippen LogP contribution in [0.25, 0.3) is 11.1 Å². The lowest BCUT2D eigenvalue weighted by molar-refractivity contribution is -0.154. The minimum absolute atomic E-state index is 0.0683. The Balaban J connectivity index is 1.77. The fourth-order valence-electron chi connectivity index (χ4n) is 5.16. The maximum absolute atomic E-state index is 13.5. The molecule has 7 nitrogen and oxygen atoms in total. The summed E-state index contributed by atoms with van der Waals surface area (Å²) in [6.45, 7) is 9.51. The van der Waals surface area contributed by atoms with Gasteiger partial charge in [0.15, 0.2) is 0 Å². The maximum atomic E-state index is 13.5. The van der Waals surface area contributed by atoms with Gasteiger partial charge in [-0.3, -0.25) is 9.69 Å². The maximum Gasteiger partial charge on any atom is 0.410 e. The molecule has 0 aromatic heterocycles. The van der Waals surface area contributed by atoms with Crippen molar-refractivity contribution in [2.45, 2.75) is 52.6 Å². The number of hydrogen-bond donors (Lipinski definition) is 1. The zero-order valence-electron chi connectivity index (χ0n) is 22.3. The van der Waals surface area contributed by atoms with Crippen molar-refractivity contribution in [2.75, 3.05) is 20.7 Å². The third-order valence-electron chi connectivity index (χ3n) is 7.49. The summed E-state index contributed by atoms with van der Waals surface area (Å²) in [6.07, 6.45) is -0.610. The number of benzene rings is 2. The molecule has 2 amide bonds. The van der Waals surface area contributed by atoms with Gasteiger partial charge in [-0.2, -0.15) is 0 Å². The van der Waals surface area contributed by atoms with Crippen molar-refractivity contribution in [3.8, 4) is 11.1 Å². The molecule has 0 unspecified atom stereocenters. The van der Waals surface area contributed by atoms with Crippen molar-refractivity contribution < 1.29 is 24.2 Å². The molecule has 7 heteroatoms. The lowest BCUT2D eigenvalue weighted by Crippen LogP contribution is -2.56. The number of hydrogen-bond acceptors (Lipinski definition) is 4. The molecular formula is C29H38N2O5. The molecule has 2 aromatic carbocycles. The number of rotatable bonds is 9. The fraction of sp³-hybridized carbons (Fsp3) is 0.483. The Bertz CT molecular complexity index is 1070. The van der Waals surface area contributed by atoms with Gasteiger partial charge in [-0.05, 0) is 40.0 Å². The van der Waals surface area contributed by atoms with Crippen LogP contribution < -0.4 is 0 Å². The van der Waals surface area contributed by atoms with Crippen LogP contribution >= 0.6 is 0 Å². The fourth-order valence-corrected chi connectivity index (χ4v) is 5.16. The molecule has 0 saturated heterocycles. The number of nitrogens with zero attached hydrogens (tertiary/aromatic N) is 2. The molecule has 0 bridgehead atoms. The van der Waals surface area contributed by atoms with E-state index in [1.165, 1.54) is 23.9 Å². The van der Waals surface area contributed by atoms with Crippen LogP contribution in [0.5, 0.6) is 0 Å². The van der Waals surface area contributed by atoms with E-state index in [9.17, 15) is 19.5 Å². The highest BCUT2D eigenvalue weighted by Crippen LogP contribution is 2.44. The summed E-state index contributed by atoms with van der Waals surface area (Å²) in [7, 11) is 3.04. The number of amides is 2. The van der Waals surface area contributed by atoms with Gasteiger partial charge in [-0.15, -0.1) is 0 Å². The SMILES string of the molecule is CC(C)[C@H](C)[C@@H](C(=O)O)N(C)C(=O)[C@@H](C(C)C)N(C)C(=O)OCC1c2ccccc2-c2ccccc21. The first-order valence-corrected chi connectivity index (χ1v) is 12.5. The topological polar surface area (TPSA) is 87.2 Å². The van der Waals surface area contributed by atoms with E-state index >= 15 is 0 Å². The normalized spacial score (nSPS) is 15.1. The third-order valence-corrected chi connectivity index (χ3v) is 7.49. The van der Waals surface area contributed by atoms with Gasteiger partial charge in [0.25, 0.3) is 0 Å². The van der Waals surface area contributed by atoms with Crippen molar-refractivity contribution >= 4 is 18.0 Å². The van der Waals surface area contributed by atoms with Crippen molar-refractivity contribution in [3.05, 3.63) is 59.7 Å². The number of aliphatic carboxylic acids is 1. The van der Waals surface area contributed by atoms with Gasteiger partial charge in [0.2, 0.25) is 5.91 Å². The molecule has 0 spiro atoms. The van der Waals surface area contributed by atoms with E-state index in [2.05, 4.69) is 24.3 Å². The minimum atomic E-state index is -1.06. The number of carbonyl (C=O) groups excluding carboxylic acids is 2. The Hall–Kier alpha value is -3.35. The highest BCUT2D eigenvalue weighted by atomic mass is 16.6. The molecule has 3 atom stereocenters. The molecular weight excluding hydrogens is 456 g/mol. The van der Waals surface area contributed by atoms with Crippen LogP contribution in [0.4, 0.5) is 4.79 Å². The third kappa shape index (κ3) is 5.25. The van der Waals surface area contributed by atoms with Crippen molar-refractivity contribution in [1.29, 1.82) is 0 Å². The number of carbonyl (C=O) groups is 3. The molecule has 2 aromatic rings. The first-order valence-electron chi connectivity index (χ1n) is 12.5. The van der Waals surface area contributed by atoms with Crippen LogP contribution in [0.2, 0.25) is 0 Å². The van der Waals surface area contributed by atoms with Gasteiger partial charge in [0.05, 0.1) is 0 Å². The zero-order chi connectivity index (χ0) is 26.7. The Morgan fingerprint density at radius 2 is 1.31 bits per heavy atom. The quantitative estimate of drug-likeness (QED) is 0.524. The van der Waals surface area contributed by atoms with Crippen molar-refractivity contribution in [3.63, 3.8) is 0 Å². The van der Waals surface area contributed by atoms with Crippen LogP contribution in [-0.2, 0) is 14.3 Å². The summed E-state index contributed by atoms with van der Waals surface area (Å²) in [5.41, 5.74) is 4.49. The zero-order valence-corrected chi connectivity index (χ0v) is 22.3. The van der Waals surface area contributed by atoms with E-state index in [1.807, 2.05) is 58.9 Å². The molecule has 0 heterocycles. The van der Waals surface area contributed by atoms with Gasteiger partial charge >= 0.3 is 12.1 Å². The van der Waals surface area contributed by atoms with Gasteiger partial charge < -0.3 is 14.7 Å². The van der Waals surface area contributed by atoms with E-state index in [4.69, 9.17) is 4.74 Å². The summed E-state index contributed by atoms with van der Waals surface area (Å²) in [6, 6.07) is 14.4. The smallest absolute Gasteiger partial charge is 0.410 e. The van der Waals surface area contributed by atoms with Crippen LogP contribution in [0, 0.1) is 17.8 Å². The van der Waals surface area contributed by atoms with E-state index in [-0.39, 0.29) is 30.3 Å². The van der Waals surface area contributed by atoms with E-state index in [1.54, 1.807) is 0 Å². The monoisotopic (exact) mass is 494 g/mol. The first kappa shape index (κ1) is 27.2. The summed E-state index contributed by atoms with van der Waals surface area (Å²) < 4.78 is 5.76. The minimum Gasteiger partial charge on any atom is -0.480 e. The standard InChI is InChI=1S/C29H38N2O5/c1-17(2)19(5)26(28(33)34)30(6)27(32)25(18(3)4)31(7)29(35)36-16-24-22-14-10-8-12-20(22)21-13-9-11-15-23(21)24/h8-15,17-19,24-26H,16H2,1-7H3,(H,33,34)/t19-,25+,26-/m0/s1. The predicted octanol–water partition coefficient (Wildman–Crippen LogP) is 5.10. The molecule has 1 aliphatic carbocycles. The number of ether oxygens (including phenoxy) is 1. The second-order valence-electron chi connectivity index (χ2n) is 10.4. The molecule has 1 N–H and O–H groups in total. The summed E-state index contributed by atoms with van der Waals surface area (Å²) in [5.74, 6) is -2.00. The average molecular weight is 495 g/mol. The number of carboxylic acid groups (broad SMARTS) is 1. The molecule has 0 saturated carbocycles. The largest absolute Gasteiger partial charge is 0.480 e. The molecule has 36 heavy (non-hydrogen) atoms. The Morgan fingerprint density at radius 3 is 1.75 bits per heavy atom. The molecule has 194 valence electrons.